The van der Waals surface area contributed by atoms with Crippen LogP contribution < -0.4 is 5.90 Å². The van der Waals surface area contributed by atoms with Crippen LogP contribution in [0.2, 0.25) is 0 Å². The number of Topliss-reactive ketones (excluding diaryl/α,β-unsaturated/α-hetero) is 1. The molecule has 0 saturated carbocycles. The third-order valence-electron chi connectivity index (χ3n) is 2.25. The van der Waals surface area contributed by atoms with Crippen LogP contribution in [-0.4, -0.2) is 12.6 Å². The van der Waals surface area contributed by atoms with Gasteiger partial charge >= 0.3 is 0 Å². The van der Waals surface area contributed by atoms with Crippen LogP contribution in [0.5, 0.6) is 0 Å². The lowest BCUT2D eigenvalue weighted by atomic mass is 9.91. The molecule has 0 radical (unpaired) electrons. The highest BCUT2D eigenvalue weighted by atomic mass is 16.6. The van der Waals surface area contributed by atoms with E-state index in [2.05, 4.69) is 6.58 Å². The fourth-order valence-electron chi connectivity index (χ4n) is 1.09. The summed E-state index contributed by atoms with van der Waals surface area (Å²) in [7, 11) is 0. The van der Waals surface area contributed by atoms with Crippen molar-refractivity contribution < 1.29 is 15.9 Å². The topological polar surface area (TPSA) is 69.4 Å². The van der Waals surface area contributed by atoms with Gasteiger partial charge in [-0.15, -0.1) is 0 Å². The molecule has 0 saturated heterocycles. The standard InChI is InChI=1S/C13H23NO2.CH2O.H2/c1-9(2)11(15)7-10(3)8-12(16-14)13(4,5)6;1-2;/h8-9H,3,7,14H2,1-2,4-6H3;1H2;1H/b12-8-;;. The Balaban J connectivity index is -0.000000809. The molecule has 0 atom stereocenters. The Morgan fingerprint density at radius 1 is 1.39 bits per heavy atom. The SMILES string of the molecule is C=C(/C=C(\ON)C(C)(C)C)CC(=O)C(C)C.C=O.[HH]. The number of carbonyl (C=O) groups excluding carboxylic acids is 2. The zero-order valence-corrected chi connectivity index (χ0v) is 12.1. The van der Waals surface area contributed by atoms with Gasteiger partial charge in [-0.05, 0) is 11.6 Å². The molecule has 0 rings (SSSR count). The fourth-order valence-corrected chi connectivity index (χ4v) is 1.09. The van der Waals surface area contributed by atoms with E-state index < -0.39 is 0 Å². The lowest BCUT2D eigenvalue weighted by Gasteiger charge is -2.20. The van der Waals surface area contributed by atoms with Crippen LogP contribution in [0, 0.1) is 11.3 Å². The summed E-state index contributed by atoms with van der Waals surface area (Å²) in [5.74, 6) is 6.04. The molecule has 18 heavy (non-hydrogen) atoms. The van der Waals surface area contributed by atoms with Crippen LogP contribution in [-0.2, 0) is 14.4 Å². The van der Waals surface area contributed by atoms with Crippen molar-refractivity contribution in [2.75, 3.05) is 0 Å². The molecule has 0 aliphatic carbocycles. The van der Waals surface area contributed by atoms with Gasteiger partial charge in [-0.2, -0.15) is 5.90 Å². The Morgan fingerprint density at radius 2 is 1.83 bits per heavy atom. The Hall–Kier alpha value is -1.42. The van der Waals surface area contributed by atoms with Gasteiger partial charge < -0.3 is 9.63 Å². The molecule has 0 spiro atoms. The lowest BCUT2D eigenvalue weighted by molar-refractivity contribution is -0.121. The number of hydrogen-bond acceptors (Lipinski definition) is 4. The Morgan fingerprint density at radius 3 is 2.11 bits per heavy atom. The van der Waals surface area contributed by atoms with Crippen molar-refractivity contribution in [2.24, 2.45) is 17.2 Å². The molecule has 0 amide bonds. The maximum Gasteiger partial charge on any atom is 0.139 e. The summed E-state index contributed by atoms with van der Waals surface area (Å²) in [5, 5.41) is 0. The molecule has 0 bridgehead atoms. The van der Waals surface area contributed by atoms with E-state index in [1.54, 1.807) is 6.08 Å². The minimum atomic E-state index is -0.182. The largest absolute Gasteiger partial charge is 0.415 e. The zero-order chi connectivity index (χ0) is 14.9. The van der Waals surface area contributed by atoms with E-state index >= 15 is 0 Å². The first kappa shape index (κ1) is 18.9. The number of allylic oxidation sites excluding steroid dienone is 3. The molecule has 0 aliphatic heterocycles. The molecule has 0 unspecified atom stereocenters. The van der Waals surface area contributed by atoms with E-state index in [4.69, 9.17) is 15.5 Å². The molecule has 4 heteroatoms. The number of hydrogen-bond donors (Lipinski definition) is 1. The van der Waals surface area contributed by atoms with Crippen molar-refractivity contribution in [3.8, 4) is 0 Å². The van der Waals surface area contributed by atoms with Gasteiger partial charge in [-0.3, -0.25) is 4.79 Å². The molecule has 0 aromatic rings. The summed E-state index contributed by atoms with van der Waals surface area (Å²) >= 11 is 0. The first-order valence-electron chi connectivity index (χ1n) is 5.76. The molecular weight excluding hydrogens is 230 g/mol. The smallest absolute Gasteiger partial charge is 0.139 e. The van der Waals surface area contributed by atoms with E-state index in [1.165, 1.54) is 0 Å². The number of nitrogens with two attached hydrogens (primary N) is 1. The molecule has 2 N–H and O–H groups in total. The molecule has 0 aromatic heterocycles. The molecule has 0 heterocycles. The average Bonchev–Trinajstić information content (AvgIpc) is 2.26. The van der Waals surface area contributed by atoms with Crippen molar-refractivity contribution in [1.82, 2.24) is 0 Å². The van der Waals surface area contributed by atoms with Gasteiger partial charge in [0.15, 0.2) is 0 Å². The maximum atomic E-state index is 11.5. The van der Waals surface area contributed by atoms with E-state index in [-0.39, 0.29) is 18.5 Å². The van der Waals surface area contributed by atoms with Crippen molar-refractivity contribution in [1.29, 1.82) is 0 Å². The second kappa shape index (κ2) is 8.64. The summed E-state index contributed by atoms with van der Waals surface area (Å²) in [4.78, 5) is 24.3. The van der Waals surface area contributed by atoms with Gasteiger partial charge in [0, 0.05) is 19.2 Å². The highest BCUT2D eigenvalue weighted by Gasteiger charge is 2.19. The van der Waals surface area contributed by atoms with Crippen LogP contribution in [0.3, 0.4) is 0 Å². The number of rotatable bonds is 5. The predicted octanol–water partition coefficient (Wildman–Crippen LogP) is 3.04. The third-order valence-corrected chi connectivity index (χ3v) is 2.25. The van der Waals surface area contributed by atoms with Gasteiger partial charge in [0.05, 0.1) is 0 Å². The minimum Gasteiger partial charge on any atom is -0.415 e. The van der Waals surface area contributed by atoms with Crippen molar-refractivity contribution >= 4 is 12.6 Å². The van der Waals surface area contributed by atoms with Gasteiger partial charge in [-0.25, -0.2) is 0 Å². The maximum absolute atomic E-state index is 11.5. The predicted molar refractivity (Wildman–Crippen MR) is 75.6 cm³/mol. The summed E-state index contributed by atoms with van der Waals surface area (Å²) in [6.07, 6.45) is 2.10. The fraction of sp³-hybridized carbons (Fsp3) is 0.571. The quantitative estimate of drug-likeness (QED) is 0.467. The number of carbonyl (C=O) groups is 2. The first-order valence-corrected chi connectivity index (χ1v) is 5.76. The molecule has 0 aromatic carbocycles. The molecule has 4 nitrogen and oxygen atoms in total. The van der Waals surface area contributed by atoms with Crippen molar-refractivity contribution in [3.63, 3.8) is 0 Å². The summed E-state index contributed by atoms with van der Waals surface area (Å²) < 4.78 is 0. The average molecular weight is 257 g/mol. The van der Waals surface area contributed by atoms with Crippen LogP contribution in [0.1, 0.15) is 42.5 Å². The van der Waals surface area contributed by atoms with Crippen LogP contribution in [0.4, 0.5) is 0 Å². The Labute approximate surface area is 111 Å². The second-order valence-corrected chi connectivity index (χ2v) is 5.33. The van der Waals surface area contributed by atoms with E-state index in [0.29, 0.717) is 12.2 Å². The minimum absolute atomic E-state index is 0. The lowest BCUT2D eigenvalue weighted by Crippen LogP contribution is -2.16. The van der Waals surface area contributed by atoms with Gasteiger partial charge in [0.25, 0.3) is 0 Å². The molecule has 0 aliphatic rings. The van der Waals surface area contributed by atoms with Crippen LogP contribution >= 0.6 is 0 Å². The summed E-state index contributed by atoms with van der Waals surface area (Å²) in [5.41, 5.74) is 0.549. The van der Waals surface area contributed by atoms with Crippen molar-refractivity contribution in [3.05, 3.63) is 24.0 Å². The van der Waals surface area contributed by atoms with E-state index in [1.807, 2.05) is 41.4 Å². The highest BCUT2D eigenvalue weighted by Crippen LogP contribution is 2.26. The monoisotopic (exact) mass is 257 g/mol. The summed E-state index contributed by atoms with van der Waals surface area (Å²) in [6.45, 7) is 15.6. The Bertz CT molecular complexity index is 317. The van der Waals surface area contributed by atoms with Crippen LogP contribution in [0.15, 0.2) is 24.0 Å². The zero-order valence-electron chi connectivity index (χ0n) is 12.1. The number of ketones is 1. The Kier molecular flexibility index (Phi) is 9.09. The summed E-state index contributed by atoms with van der Waals surface area (Å²) in [6, 6.07) is 0. The van der Waals surface area contributed by atoms with E-state index in [0.717, 1.165) is 5.57 Å². The van der Waals surface area contributed by atoms with Gasteiger partial charge in [0.1, 0.15) is 18.3 Å². The normalized spacial score (nSPS) is 11.6. The highest BCUT2D eigenvalue weighted by molar-refractivity contribution is 5.83. The van der Waals surface area contributed by atoms with Gasteiger partial charge in [-0.1, -0.05) is 41.2 Å². The second-order valence-electron chi connectivity index (χ2n) is 5.33. The third kappa shape index (κ3) is 7.79. The molecule has 0 fully saturated rings. The first-order chi connectivity index (χ1) is 8.18. The van der Waals surface area contributed by atoms with E-state index in [9.17, 15) is 4.79 Å². The molecule has 106 valence electrons. The van der Waals surface area contributed by atoms with Crippen molar-refractivity contribution in [2.45, 2.75) is 41.0 Å². The van der Waals surface area contributed by atoms with Gasteiger partial charge in [0.2, 0.25) is 0 Å². The molecular formula is C14H27NO3. The van der Waals surface area contributed by atoms with Crippen LogP contribution in [0.25, 0.3) is 0 Å².